The van der Waals surface area contributed by atoms with Crippen LogP contribution >= 0.6 is 23.2 Å². The number of ether oxygens (including phenoxy) is 1. The first-order chi connectivity index (χ1) is 12.3. The summed E-state index contributed by atoms with van der Waals surface area (Å²) in [7, 11) is 0. The minimum absolute atomic E-state index is 0.200. The molecule has 0 aliphatic rings. The van der Waals surface area contributed by atoms with Gasteiger partial charge in [0.05, 0.1) is 22.6 Å². The number of benzene rings is 2. The van der Waals surface area contributed by atoms with E-state index in [4.69, 9.17) is 27.9 Å². The molecule has 3 rings (SSSR count). The van der Waals surface area contributed by atoms with Gasteiger partial charge in [0.1, 0.15) is 18.5 Å². The molecule has 0 amide bonds. The van der Waals surface area contributed by atoms with Crippen LogP contribution in [-0.2, 0) is 12.7 Å². The molecule has 0 fully saturated rings. The van der Waals surface area contributed by atoms with Crippen molar-refractivity contribution in [2.75, 3.05) is 6.61 Å². The number of nitrogens with zero attached hydrogens (tertiary/aromatic N) is 2. The highest BCUT2D eigenvalue weighted by Gasteiger charge is 2.37. The Morgan fingerprint density at radius 1 is 1.15 bits per heavy atom. The van der Waals surface area contributed by atoms with Gasteiger partial charge in [-0.05, 0) is 24.3 Å². The minimum atomic E-state index is -4.64. The lowest BCUT2D eigenvalue weighted by Gasteiger charge is -2.17. The zero-order valence-electron chi connectivity index (χ0n) is 13.2. The zero-order valence-corrected chi connectivity index (χ0v) is 14.7. The predicted octanol–water partition coefficient (Wildman–Crippen LogP) is 4.80. The molecule has 4 nitrogen and oxygen atoms in total. The van der Waals surface area contributed by atoms with E-state index in [1.165, 1.54) is 24.3 Å². The van der Waals surface area contributed by atoms with Crippen LogP contribution in [0.15, 0.2) is 42.5 Å². The van der Waals surface area contributed by atoms with Crippen LogP contribution < -0.4 is 4.74 Å². The molecule has 0 radical (unpaired) electrons. The Morgan fingerprint density at radius 3 is 2.62 bits per heavy atom. The number of hydrogen-bond donors (Lipinski definition) is 1. The molecule has 0 spiro atoms. The number of alkyl halides is 3. The number of imidazole rings is 1. The highest BCUT2D eigenvalue weighted by Crippen LogP contribution is 2.32. The number of fused-ring (bicyclic) bond motifs is 1. The van der Waals surface area contributed by atoms with E-state index in [1.807, 2.05) is 0 Å². The van der Waals surface area contributed by atoms with Crippen molar-refractivity contribution in [3.63, 3.8) is 0 Å². The molecule has 1 heterocycles. The Hall–Kier alpha value is -1.96. The quantitative estimate of drug-likeness (QED) is 0.664. The van der Waals surface area contributed by atoms with Crippen LogP contribution in [0.1, 0.15) is 5.82 Å². The maximum absolute atomic E-state index is 13.3. The number of aromatic nitrogens is 2. The van der Waals surface area contributed by atoms with Gasteiger partial charge in [0.15, 0.2) is 0 Å². The third kappa shape index (κ3) is 4.06. The second kappa shape index (κ2) is 7.34. The van der Waals surface area contributed by atoms with Gasteiger partial charge < -0.3 is 14.4 Å². The number of aliphatic hydroxyl groups is 1. The van der Waals surface area contributed by atoms with Gasteiger partial charge in [-0.2, -0.15) is 13.2 Å². The molecule has 3 aromatic rings. The van der Waals surface area contributed by atoms with Crippen LogP contribution in [0.4, 0.5) is 13.2 Å². The first-order valence-electron chi connectivity index (χ1n) is 7.54. The van der Waals surface area contributed by atoms with Gasteiger partial charge >= 0.3 is 6.18 Å². The van der Waals surface area contributed by atoms with Gasteiger partial charge in [-0.3, -0.25) is 0 Å². The maximum Gasteiger partial charge on any atom is 0.449 e. The van der Waals surface area contributed by atoms with Crippen LogP contribution in [0.3, 0.4) is 0 Å². The van der Waals surface area contributed by atoms with Gasteiger partial charge in [-0.15, -0.1) is 0 Å². The molecular weight excluding hydrogens is 392 g/mol. The normalized spacial score (nSPS) is 13.2. The van der Waals surface area contributed by atoms with E-state index in [2.05, 4.69) is 4.98 Å². The largest absolute Gasteiger partial charge is 0.489 e. The Morgan fingerprint density at radius 2 is 1.88 bits per heavy atom. The molecule has 0 saturated heterocycles. The SMILES string of the molecule is OC(COc1cc(Cl)ccc1Cl)Cn1c(C(F)(F)F)nc2ccccc21. The molecule has 1 unspecified atom stereocenters. The molecule has 1 aromatic heterocycles. The topological polar surface area (TPSA) is 47.3 Å². The molecular formula is C17H13Cl2F3N2O2. The smallest absolute Gasteiger partial charge is 0.449 e. The van der Waals surface area contributed by atoms with Crippen molar-refractivity contribution in [1.82, 2.24) is 9.55 Å². The molecule has 26 heavy (non-hydrogen) atoms. The molecule has 2 aromatic carbocycles. The zero-order chi connectivity index (χ0) is 18.9. The molecule has 0 aliphatic carbocycles. The Bertz CT molecular complexity index is 928. The van der Waals surface area contributed by atoms with Crippen molar-refractivity contribution in [2.45, 2.75) is 18.8 Å². The number of halogens is 5. The summed E-state index contributed by atoms with van der Waals surface area (Å²) in [6.45, 7) is -0.600. The van der Waals surface area contributed by atoms with E-state index in [9.17, 15) is 18.3 Å². The third-order valence-corrected chi connectivity index (χ3v) is 4.17. The Kier molecular flexibility index (Phi) is 5.32. The Balaban J connectivity index is 1.81. The summed E-state index contributed by atoms with van der Waals surface area (Å²) in [5.74, 6) is -0.830. The van der Waals surface area contributed by atoms with Crippen molar-refractivity contribution >= 4 is 34.2 Å². The second-order valence-corrected chi connectivity index (χ2v) is 6.42. The van der Waals surface area contributed by atoms with Crippen LogP contribution in [0.2, 0.25) is 10.0 Å². The van der Waals surface area contributed by atoms with Gasteiger partial charge in [-0.25, -0.2) is 4.98 Å². The average Bonchev–Trinajstić information content (AvgIpc) is 2.95. The first-order valence-corrected chi connectivity index (χ1v) is 8.29. The summed E-state index contributed by atoms with van der Waals surface area (Å²) in [6.07, 6.45) is -5.86. The fraction of sp³-hybridized carbons (Fsp3) is 0.235. The van der Waals surface area contributed by atoms with Crippen LogP contribution in [-0.4, -0.2) is 27.4 Å². The highest BCUT2D eigenvalue weighted by molar-refractivity contribution is 6.34. The monoisotopic (exact) mass is 404 g/mol. The van der Waals surface area contributed by atoms with Gasteiger partial charge in [0.2, 0.25) is 5.82 Å². The van der Waals surface area contributed by atoms with Crippen molar-refractivity contribution < 1.29 is 23.0 Å². The van der Waals surface area contributed by atoms with Crippen LogP contribution in [0.5, 0.6) is 5.75 Å². The summed E-state index contributed by atoms with van der Waals surface area (Å²) in [6, 6.07) is 10.8. The van der Waals surface area contributed by atoms with Crippen LogP contribution in [0.25, 0.3) is 11.0 Å². The lowest BCUT2D eigenvalue weighted by molar-refractivity contribution is -0.147. The maximum atomic E-state index is 13.3. The first kappa shape index (κ1) is 18.8. The van der Waals surface area contributed by atoms with E-state index >= 15 is 0 Å². The summed E-state index contributed by atoms with van der Waals surface area (Å²) >= 11 is 11.8. The van der Waals surface area contributed by atoms with Crippen molar-refractivity contribution in [1.29, 1.82) is 0 Å². The molecule has 138 valence electrons. The number of para-hydroxylation sites is 2. The third-order valence-electron chi connectivity index (χ3n) is 3.63. The number of hydrogen-bond acceptors (Lipinski definition) is 3. The van der Waals surface area contributed by atoms with Crippen molar-refractivity contribution in [3.05, 3.63) is 58.3 Å². The molecule has 0 aliphatic heterocycles. The Labute approximate surface area is 156 Å². The average molecular weight is 405 g/mol. The predicted molar refractivity (Wildman–Crippen MR) is 92.7 cm³/mol. The van der Waals surface area contributed by atoms with Gasteiger partial charge in [0.25, 0.3) is 0 Å². The molecule has 1 N–H and O–H groups in total. The summed E-state index contributed by atoms with van der Waals surface area (Å²) in [4.78, 5) is 3.63. The van der Waals surface area contributed by atoms with E-state index in [-0.39, 0.29) is 35.0 Å². The highest BCUT2D eigenvalue weighted by atomic mass is 35.5. The van der Waals surface area contributed by atoms with E-state index < -0.39 is 18.1 Å². The molecule has 1 atom stereocenters. The van der Waals surface area contributed by atoms with E-state index in [1.54, 1.807) is 18.2 Å². The van der Waals surface area contributed by atoms with E-state index in [0.29, 0.717) is 5.02 Å². The fourth-order valence-electron chi connectivity index (χ4n) is 2.51. The molecule has 0 saturated carbocycles. The number of rotatable bonds is 5. The van der Waals surface area contributed by atoms with E-state index in [0.717, 1.165) is 4.57 Å². The van der Waals surface area contributed by atoms with Gasteiger partial charge in [0, 0.05) is 11.1 Å². The van der Waals surface area contributed by atoms with Crippen molar-refractivity contribution in [3.8, 4) is 5.75 Å². The standard InChI is InChI=1S/C17H13Cl2F3N2O2/c18-10-5-6-12(19)15(7-10)26-9-11(25)8-24-14-4-2-1-3-13(14)23-16(24)17(20,21)22/h1-7,11,25H,8-9H2. The lowest BCUT2D eigenvalue weighted by Crippen LogP contribution is -2.26. The van der Waals surface area contributed by atoms with Gasteiger partial charge in [-0.1, -0.05) is 35.3 Å². The summed E-state index contributed by atoms with van der Waals surface area (Å²) in [5.41, 5.74) is 0.477. The van der Waals surface area contributed by atoms with Crippen molar-refractivity contribution in [2.24, 2.45) is 0 Å². The molecule has 0 bridgehead atoms. The number of aliphatic hydroxyl groups excluding tert-OH is 1. The molecule has 9 heteroatoms. The van der Waals surface area contributed by atoms with Crippen LogP contribution in [0, 0.1) is 0 Å². The second-order valence-electron chi connectivity index (χ2n) is 5.57. The summed E-state index contributed by atoms with van der Waals surface area (Å²) < 4.78 is 46.1. The fourth-order valence-corrected chi connectivity index (χ4v) is 2.85. The lowest BCUT2D eigenvalue weighted by atomic mass is 10.3. The minimum Gasteiger partial charge on any atom is -0.489 e. The summed E-state index contributed by atoms with van der Waals surface area (Å²) in [5, 5.41) is 10.8.